The first-order chi connectivity index (χ1) is 9.63. The van der Waals surface area contributed by atoms with Crippen molar-refractivity contribution in [2.75, 3.05) is 0 Å². The van der Waals surface area contributed by atoms with Crippen LogP contribution in [0, 0.1) is 0 Å². The monoisotopic (exact) mass is 331 g/mol. The molecule has 0 saturated heterocycles. The van der Waals surface area contributed by atoms with Gasteiger partial charge in [-0.3, -0.25) is 0 Å². The summed E-state index contributed by atoms with van der Waals surface area (Å²) in [7, 11) is 0. The quantitative estimate of drug-likeness (QED) is 0.729. The molecule has 4 nitrogen and oxygen atoms in total. The Labute approximate surface area is 125 Å². The van der Waals surface area contributed by atoms with Crippen molar-refractivity contribution in [2.24, 2.45) is 0 Å². The highest BCUT2D eigenvalue weighted by Gasteiger charge is 2.07. The van der Waals surface area contributed by atoms with Crippen LogP contribution < -0.4 is 4.74 Å². The molecule has 0 aliphatic carbocycles. The number of halogens is 1. The van der Waals surface area contributed by atoms with Crippen LogP contribution in [0.2, 0.25) is 0 Å². The minimum atomic E-state index is 0.170. The fraction of sp³-hybridized carbons (Fsp3) is 0.200. The maximum atomic E-state index is 5.64. The summed E-state index contributed by atoms with van der Waals surface area (Å²) in [4.78, 5) is 0. The number of nitrogens with zero attached hydrogens (tertiary/aromatic N) is 3. The van der Waals surface area contributed by atoms with Crippen LogP contribution in [0.3, 0.4) is 0 Å². The lowest BCUT2D eigenvalue weighted by molar-refractivity contribution is 0.242. The van der Waals surface area contributed by atoms with Crippen LogP contribution in [0.25, 0.3) is 16.7 Å². The summed E-state index contributed by atoms with van der Waals surface area (Å²) < 4.78 is 8.47. The smallest absolute Gasteiger partial charge is 0.119 e. The highest BCUT2D eigenvalue weighted by atomic mass is 79.9. The van der Waals surface area contributed by atoms with Crippen molar-refractivity contribution < 1.29 is 4.74 Å². The number of ether oxygens (including phenoxy) is 1. The molecule has 0 bridgehead atoms. The molecule has 102 valence electrons. The van der Waals surface area contributed by atoms with Crippen molar-refractivity contribution >= 4 is 27.0 Å². The molecule has 1 heterocycles. The van der Waals surface area contributed by atoms with Crippen LogP contribution in [0.4, 0.5) is 0 Å². The third-order valence-corrected chi connectivity index (χ3v) is 3.35. The first kappa shape index (κ1) is 13.1. The zero-order valence-corrected chi connectivity index (χ0v) is 12.8. The molecule has 0 atom stereocenters. The zero-order valence-electron chi connectivity index (χ0n) is 11.2. The highest BCUT2D eigenvalue weighted by molar-refractivity contribution is 9.10. The number of benzene rings is 2. The van der Waals surface area contributed by atoms with Crippen molar-refractivity contribution in [1.29, 1.82) is 0 Å². The topological polar surface area (TPSA) is 39.9 Å². The third-order valence-electron chi connectivity index (χ3n) is 2.86. The summed E-state index contributed by atoms with van der Waals surface area (Å²) in [6.07, 6.45) is 0.170. The number of hydrogen-bond donors (Lipinski definition) is 0. The van der Waals surface area contributed by atoms with Gasteiger partial charge < -0.3 is 4.74 Å². The summed E-state index contributed by atoms with van der Waals surface area (Å²) in [5.74, 6) is 0.856. The van der Waals surface area contributed by atoms with Gasteiger partial charge in [-0.15, -0.1) is 5.10 Å². The lowest BCUT2D eigenvalue weighted by Gasteiger charge is -2.10. The molecule has 0 aliphatic heterocycles. The maximum Gasteiger partial charge on any atom is 0.119 e. The van der Waals surface area contributed by atoms with E-state index in [1.165, 1.54) is 0 Å². The Morgan fingerprint density at radius 3 is 2.55 bits per heavy atom. The molecule has 0 fully saturated rings. The normalized spacial score (nSPS) is 11.2. The molecule has 0 N–H and O–H groups in total. The van der Waals surface area contributed by atoms with Gasteiger partial charge in [-0.1, -0.05) is 21.1 Å². The second-order valence-electron chi connectivity index (χ2n) is 4.79. The van der Waals surface area contributed by atoms with Crippen LogP contribution >= 0.6 is 15.9 Å². The van der Waals surface area contributed by atoms with E-state index in [9.17, 15) is 0 Å². The van der Waals surface area contributed by atoms with Crippen molar-refractivity contribution in [3.8, 4) is 11.4 Å². The maximum absolute atomic E-state index is 5.64. The number of hydrogen-bond acceptors (Lipinski definition) is 3. The van der Waals surface area contributed by atoms with Gasteiger partial charge in [-0.2, -0.15) is 0 Å². The van der Waals surface area contributed by atoms with Gasteiger partial charge in [0.15, 0.2) is 0 Å². The van der Waals surface area contributed by atoms with Crippen LogP contribution in [0.1, 0.15) is 13.8 Å². The molecule has 0 amide bonds. The minimum absolute atomic E-state index is 0.170. The largest absolute Gasteiger partial charge is 0.491 e. The van der Waals surface area contributed by atoms with E-state index in [0.717, 1.165) is 26.9 Å². The number of fused-ring (bicyclic) bond motifs is 1. The summed E-state index contributed by atoms with van der Waals surface area (Å²) in [5, 5.41) is 8.37. The number of aromatic nitrogens is 3. The average molecular weight is 332 g/mol. The predicted molar refractivity (Wildman–Crippen MR) is 82.3 cm³/mol. The molecular weight excluding hydrogens is 318 g/mol. The Kier molecular flexibility index (Phi) is 3.44. The summed E-state index contributed by atoms with van der Waals surface area (Å²) in [6.45, 7) is 4.02. The van der Waals surface area contributed by atoms with Crippen LogP contribution in [0.5, 0.6) is 5.75 Å². The van der Waals surface area contributed by atoms with Crippen LogP contribution in [-0.4, -0.2) is 21.1 Å². The van der Waals surface area contributed by atoms with E-state index in [-0.39, 0.29) is 6.10 Å². The first-order valence-corrected chi connectivity index (χ1v) is 7.21. The molecule has 0 unspecified atom stereocenters. The van der Waals surface area contributed by atoms with Crippen LogP contribution in [-0.2, 0) is 0 Å². The Morgan fingerprint density at radius 1 is 1.10 bits per heavy atom. The van der Waals surface area contributed by atoms with E-state index in [1.54, 1.807) is 0 Å². The van der Waals surface area contributed by atoms with Crippen molar-refractivity contribution in [2.45, 2.75) is 20.0 Å². The molecule has 2 aromatic carbocycles. The fourth-order valence-corrected chi connectivity index (χ4v) is 2.37. The zero-order chi connectivity index (χ0) is 14.1. The molecule has 0 radical (unpaired) electrons. The SMILES string of the molecule is CC(C)Oc1ccc(-n2nnc3ccc(Br)cc32)cc1. The van der Waals surface area contributed by atoms with E-state index < -0.39 is 0 Å². The van der Waals surface area contributed by atoms with Gasteiger partial charge in [0.05, 0.1) is 17.3 Å². The standard InChI is InChI=1S/C15H14BrN3O/c1-10(2)20-13-6-4-12(5-7-13)19-15-9-11(16)3-8-14(15)17-18-19/h3-10H,1-2H3. The van der Waals surface area contributed by atoms with E-state index in [1.807, 2.05) is 61.0 Å². The summed E-state index contributed by atoms with van der Waals surface area (Å²) >= 11 is 3.47. The van der Waals surface area contributed by atoms with E-state index in [2.05, 4.69) is 26.2 Å². The molecule has 0 saturated carbocycles. The van der Waals surface area contributed by atoms with Crippen molar-refractivity contribution in [1.82, 2.24) is 15.0 Å². The lowest BCUT2D eigenvalue weighted by atomic mass is 10.2. The second-order valence-corrected chi connectivity index (χ2v) is 5.71. The molecule has 1 aromatic heterocycles. The number of rotatable bonds is 3. The van der Waals surface area contributed by atoms with Gasteiger partial charge in [-0.05, 0) is 56.3 Å². The van der Waals surface area contributed by atoms with E-state index >= 15 is 0 Å². The van der Waals surface area contributed by atoms with Gasteiger partial charge in [0, 0.05) is 4.47 Å². The van der Waals surface area contributed by atoms with Gasteiger partial charge in [0.25, 0.3) is 0 Å². The Balaban J connectivity index is 2.00. The van der Waals surface area contributed by atoms with Crippen molar-refractivity contribution in [3.05, 3.63) is 46.9 Å². The average Bonchev–Trinajstić information content (AvgIpc) is 2.82. The van der Waals surface area contributed by atoms with E-state index in [4.69, 9.17) is 4.74 Å². The predicted octanol–water partition coefficient (Wildman–Crippen LogP) is 3.97. The molecular formula is C15H14BrN3O. The first-order valence-electron chi connectivity index (χ1n) is 6.41. The van der Waals surface area contributed by atoms with Crippen molar-refractivity contribution in [3.63, 3.8) is 0 Å². The molecule has 5 heteroatoms. The summed E-state index contributed by atoms with van der Waals surface area (Å²) in [6, 6.07) is 13.8. The molecule has 0 aliphatic rings. The van der Waals surface area contributed by atoms with Gasteiger partial charge >= 0.3 is 0 Å². The molecule has 20 heavy (non-hydrogen) atoms. The van der Waals surface area contributed by atoms with Gasteiger partial charge in [0.1, 0.15) is 11.3 Å². The third kappa shape index (κ3) is 2.54. The molecule has 3 rings (SSSR count). The van der Waals surface area contributed by atoms with Gasteiger partial charge in [0.2, 0.25) is 0 Å². The van der Waals surface area contributed by atoms with Gasteiger partial charge in [-0.25, -0.2) is 4.68 Å². The lowest BCUT2D eigenvalue weighted by Crippen LogP contribution is -2.05. The Hall–Kier alpha value is -1.88. The Bertz CT molecular complexity index is 734. The molecule has 0 spiro atoms. The van der Waals surface area contributed by atoms with Crippen LogP contribution in [0.15, 0.2) is 46.9 Å². The van der Waals surface area contributed by atoms with E-state index in [0.29, 0.717) is 0 Å². The second kappa shape index (κ2) is 5.25. The Morgan fingerprint density at radius 2 is 1.85 bits per heavy atom. The summed E-state index contributed by atoms with van der Waals surface area (Å²) in [5.41, 5.74) is 2.80. The molecule has 3 aromatic rings. The highest BCUT2D eigenvalue weighted by Crippen LogP contribution is 2.22. The minimum Gasteiger partial charge on any atom is -0.491 e. The fourth-order valence-electron chi connectivity index (χ4n) is 2.02.